The molecule has 4 aliphatic rings. The van der Waals surface area contributed by atoms with Crippen molar-refractivity contribution in [3.63, 3.8) is 0 Å². The van der Waals surface area contributed by atoms with Gasteiger partial charge in [-0.05, 0) is 48.9 Å². The molecule has 9 heteroatoms. The largest absolute Gasteiger partial charge is 0.356 e. The monoisotopic (exact) mass is 499 g/mol. The molecule has 4 amide bonds. The zero-order chi connectivity index (χ0) is 26.4. The van der Waals surface area contributed by atoms with Gasteiger partial charge in [-0.3, -0.25) is 19.2 Å². The summed E-state index contributed by atoms with van der Waals surface area (Å²) in [6.07, 6.45) is 3.98. The van der Waals surface area contributed by atoms with Gasteiger partial charge in [0.1, 0.15) is 18.1 Å². The molecule has 9 nitrogen and oxygen atoms in total. The third kappa shape index (κ3) is 4.96. The van der Waals surface area contributed by atoms with Crippen molar-refractivity contribution in [1.82, 2.24) is 20.9 Å². The zero-order valence-corrected chi connectivity index (χ0v) is 22.2. The second-order valence-electron chi connectivity index (χ2n) is 12.8. The van der Waals surface area contributed by atoms with Gasteiger partial charge in [-0.15, -0.1) is 0 Å². The molecule has 36 heavy (non-hydrogen) atoms. The number of hydrogen-bond donors (Lipinski definition) is 3. The van der Waals surface area contributed by atoms with Crippen LogP contribution in [0.1, 0.15) is 73.1 Å². The van der Waals surface area contributed by atoms with Crippen molar-refractivity contribution in [3.05, 3.63) is 0 Å². The first-order chi connectivity index (χ1) is 16.9. The van der Waals surface area contributed by atoms with Gasteiger partial charge in [0.25, 0.3) is 0 Å². The van der Waals surface area contributed by atoms with Crippen LogP contribution in [0.15, 0.2) is 0 Å². The van der Waals surface area contributed by atoms with Crippen molar-refractivity contribution >= 4 is 23.6 Å². The Morgan fingerprint density at radius 1 is 1.11 bits per heavy atom. The molecule has 3 saturated heterocycles. The van der Waals surface area contributed by atoms with Crippen molar-refractivity contribution in [2.24, 2.45) is 34.5 Å². The van der Waals surface area contributed by atoms with Crippen molar-refractivity contribution < 1.29 is 19.2 Å². The van der Waals surface area contributed by atoms with Gasteiger partial charge >= 0.3 is 0 Å². The highest BCUT2D eigenvalue weighted by Crippen LogP contribution is 2.65. The lowest BCUT2D eigenvalue weighted by Gasteiger charge is -2.36. The number of piperidine rings is 2. The summed E-state index contributed by atoms with van der Waals surface area (Å²) in [5, 5.41) is 18.6. The molecule has 7 atom stereocenters. The fraction of sp³-hybridized carbons (Fsp3) is 0.815. The van der Waals surface area contributed by atoms with Gasteiger partial charge in [0, 0.05) is 24.4 Å². The highest BCUT2D eigenvalue weighted by atomic mass is 16.2. The average molecular weight is 500 g/mol. The Hall–Kier alpha value is -2.63. The van der Waals surface area contributed by atoms with E-state index in [0.717, 1.165) is 25.7 Å². The van der Waals surface area contributed by atoms with E-state index in [2.05, 4.69) is 35.9 Å². The van der Waals surface area contributed by atoms with Gasteiger partial charge in [0.15, 0.2) is 0 Å². The maximum absolute atomic E-state index is 13.8. The Morgan fingerprint density at radius 3 is 2.47 bits per heavy atom. The smallest absolute Gasteiger partial charge is 0.245 e. The molecule has 3 heterocycles. The van der Waals surface area contributed by atoms with Gasteiger partial charge in [-0.2, -0.15) is 5.26 Å². The summed E-state index contributed by atoms with van der Waals surface area (Å²) >= 11 is 0. The number of nitrogens with one attached hydrogen (secondary N) is 3. The summed E-state index contributed by atoms with van der Waals surface area (Å²) in [5.41, 5.74) is -0.709. The molecule has 0 bridgehead atoms. The lowest BCUT2D eigenvalue weighted by Crippen LogP contribution is -2.58. The molecule has 3 N–H and O–H groups in total. The number of nitrogens with zero attached hydrogens (tertiary/aromatic N) is 2. The van der Waals surface area contributed by atoms with E-state index in [-0.39, 0.29) is 59.1 Å². The fourth-order valence-electron chi connectivity index (χ4n) is 6.63. The summed E-state index contributed by atoms with van der Waals surface area (Å²) in [6, 6.07) is 0.00683. The lowest BCUT2D eigenvalue weighted by molar-refractivity contribution is -0.144. The van der Waals surface area contributed by atoms with E-state index >= 15 is 0 Å². The molecule has 0 spiro atoms. The van der Waals surface area contributed by atoms with Crippen LogP contribution < -0.4 is 16.0 Å². The van der Waals surface area contributed by atoms with Crippen molar-refractivity contribution in [2.45, 2.75) is 91.3 Å². The molecule has 1 saturated carbocycles. The predicted molar refractivity (Wildman–Crippen MR) is 133 cm³/mol. The minimum Gasteiger partial charge on any atom is -0.356 e. The van der Waals surface area contributed by atoms with Gasteiger partial charge in [-0.1, -0.05) is 47.5 Å². The number of nitriles is 1. The van der Waals surface area contributed by atoms with Crippen LogP contribution in [0.2, 0.25) is 0 Å². The second-order valence-corrected chi connectivity index (χ2v) is 12.8. The SMILES string of the molecule is CC(C)(C)C(=O)N[C@H]1CCCC[C@H]2CCNC(=O)[C@@H]2C[C@@H](C#N)NC(=O)[C@@H]2[C@@H]3C(CN2C1=O)C3(C)C. The Morgan fingerprint density at radius 2 is 1.81 bits per heavy atom. The third-order valence-electron chi connectivity index (χ3n) is 9.04. The molecular formula is C27H41N5O4. The highest BCUT2D eigenvalue weighted by Gasteiger charge is 2.69. The Bertz CT molecular complexity index is 964. The number of fused-ring (bicyclic) bond motifs is 4. The molecule has 4 fully saturated rings. The molecule has 198 valence electrons. The first-order valence-electron chi connectivity index (χ1n) is 13.5. The van der Waals surface area contributed by atoms with Crippen LogP contribution >= 0.6 is 0 Å². The lowest BCUT2D eigenvalue weighted by atomic mass is 9.78. The van der Waals surface area contributed by atoms with Crippen LogP contribution in [0.5, 0.6) is 0 Å². The topological polar surface area (TPSA) is 131 Å². The van der Waals surface area contributed by atoms with Crippen molar-refractivity contribution in [1.29, 1.82) is 5.26 Å². The van der Waals surface area contributed by atoms with Crippen LogP contribution in [0.25, 0.3) is 0 Å². The van der Waals surface area contributed by atoms with Gasteiger partial charge in [0.05, 0.1) is 6.07 Å². The van der Waals surface area contributed by atoms with E-state index in [1.165, 1.54) is 0 Å². The molecule has 4 rings (SSSR count). The maximum atomic E-state index is 13.8. The number of hydrogen-bond acceptors (Lipinski definition) is 5. The van der Waals surface area contributed by atoms with Crippen molar-refractivity contribution in [3.8, 4) is 6.07 Å². The van der Waals surface area contributed by atoms with Gasteiger partial charge in [0.2, 0.25) is 23.6 Å². The molecule has 3 aliphatic heterocycles. The van der Waals surface area contributed by atoms with Crippen LogP contribution in [0.3, 0.4) is 0 Å². The summed E-state index contributed by atoms with van der Waals surface area (Å²) in [5.74, 6) is -0.767. The number of amides is 4. The van der Waals surface area contributed by atoms with Crippen molar-refractivity contribution in [2.75, 3.05) is 13.1 Å². The van der Waals surface area contributed by atoms with Crippen LogP contribution in [-0.4, -0.2) is 59.7 Å². The number of rotatable bonds is 1. The van der Waals surface area contributed by atoms with Gasteiger partial charge in [-0.25, -0.2) is 0 Å². The number of carbonyl (C=O) groups excluding carboxylic acids is 4. The minimum absolute atomic E-state index is 0.0124. The first-order valence-corrected chi connectivity index (χ1v) is 13.5. The maximum Gasteiger partial charge on any atom is 0.245 e. The van der Waals surface area contributed by atoms with E-state index in [1.807, 2.05) is 20.8 Å². The van der Waals surface area contributed by atoms with E-state index in [0.29, 0.717) is 19.5 Å². The van der Waals surface area contributed by atoms with E-state index < -0.39 is 23.5 Å². The standard InChI is InChI=1S/C27H41N5O4/c1-26(2,3)25(36)31-19-9-7-6-8-15-10-11-29-22(33)17(15)12-16(13-28)30-23(34)21-20-18(27(20,4)5)14-32(21)24(19)35/h15-21H,6-12,14H2,1-5H3,(H,29,33)(H,30,34)(H,31,36)/t15-,16-,17+,18?,19-,20-,21-/m0/s1. The quantitative estimate of drug-likeness (QED) is 0.506. The second kappa shape index (κ2) is 9.68. The molecule has 0 aromatic rings. The summed E-state index contributed by atoms with van der Waals surface area (Å²) in [7, 11) is 0. The molecule has 1 unspecified atom stereocenters. The summed E-state index contributed by atoms with van der Waals surface area (Å²) < 4.78 is 0. The molecular weight excluding hydrogens is 458 g/mol. The highest BCUT2D eigenvalue weighted by molar-refractivity contribution is 5.94. The predicted octanol–water partition coefficient (Wildman–Crippen LogP) is 1.73. The van der Waals surface area contributed by atoms with E-state index in [1.54, 1.807) is 4.90 Å². The van der Waals surface area contributed by atoms with E-state index in [9.17, 15) is 24.4 Å². The van der Waals surface area contributed by atoms with E-state index in [4.69, 9.17) is 0 Å². The average Bonchev–Trinajstić information content (AvgIpc) is 3.14. The van der Waals surface area contributed by atoms with Crippen LogP contribution in [0.4, 0.5) is 0 Å². The molecule has 0 aromatic carbocycles. The van der Waals surface area contributed by atoms with Crippen LogP contribution in [-0.2, 0) is 19.2 Å². The zero-order valence-electron chi connectivity index (χ0n) is 22.2. The number of carbonyl (C=O) groups is 4. The van der Waals surface area contributed by atoms with Gasteiger partial charge < -0.3 is 20.9 Å². The Balaban J connectivity index is 1.63. The minimum atomic E-state index is -0.800. The van der Waals surface area contributed by atoms with Crippen LogP contribution in [0, 0.1) is 45.8 Å². The Labute approximate surface area is 214 Å². The Kier molecular flexibility index (Phi) is 7.11. The summed E-state index contributed by atoms with van der Waals surface area (Å²) in [6.45, 7) is 10.8. The fourth-order valence-corrected chi connectivity index (χ4v) is 6.63. The summed E-state index contributed by atoms with van der Waals surface area (Å²) in [4.78, 5) is 54.6. The normalized spacial score (nSPS) is 36.7. The molecule has 0 aromatic heterocycles. The first kappa shape index (κ1) is 26.4. The molecule has 0 radical (unpaired) electrons. The molecule has 1 aliphatic carbocycles. The third-order valence-corrected chi connectivity index (χ3v) is 9.04.